The second-order valence-corrected chi connectivity index (χ2v) is 16.8. The average molecular weight is 973 g/mol. The highest BCUT2D eigenvalue weighted by Crippen LogP contribution is 2.35. The molecule has 16 N–H and O–H groups in total. The lowest BCUT2D eigenvalue weighted by molar-refractivity contribution is -0.384. The Bertz CT molecular complexity index is 1470. The van der Waals surface area contributed by atoms with Crippen molar-refractivity contribution in [1.82, 2.24) is 0 Å². The monoisotopic (exact) mass is 972 g/mol. The van der Waals surface area contributed by atoms with Crippen molar-refractivity contribution >= 4 is 0 Å². The second kappa shape index (κ2) is 23.4. The average Bonchev–Trinajstić information content (AvgIpc) is 3.30. The molecule has 0 saturated carbocycles. The first-order valence-corrected chi connectivity index (χ1v) is 21.2. The summed E-state index contributed by atoms with van der Waals surface area (Å²) in [4.78, 5) is 0. The number of hydrogen-bond donors (Lipinski definition) is 16. The van der Waals surface area contributed by atoms with E-state index in [0.29, 0.717) is 0 Å². The molecule has 66 heavy (non-hydrogen) atoms. The van der Waals surface area contributed by atoms with Crippen LogP contribution in [0, 0.1) is 0 Å². The second-order valence-electron chi connectivity index (χ2n) is 16.8. The maximum Gasteiger partial charge on any atom is 0.187 e. The molecule has 0 radical (unpaired) electrons. The van der Waals surface area contributed by atoms with E-state index in [-0.39, 0.29) is 6.61 Å². The Kier molecular flexibility index (Phi) is 19.2. The molecule has 6 rings (SSSR count). The summed E-state index contributed by atoms with van der Waals surface area (Å²) < 4.78 is 71.8. The summed E-state index contributed by atoms with van der Waals surface area (Å²) in [5, 5.41) is 169. The van der Waals surface area contributed by atoms with Gasteiger partial charge in [0.2, 0.25) is 0 Å². The molecule has 0 amide bonds. The molecule has 6 saturated heterocycles. The predicted octanol–water partition coefficient (Wildman–Crippen LogP) is -11.1. The van der Waals surface area contributed by atoms with Crippen LogP contribution in [0.15, 0.2) is 0 Å². The van der Waals surface area contributed by atoms with Crippen molar-refractivity contribution in [3.05, 3.63) is 0 Å². The molecule has 0 aromatic heterocycles. The molecule has 12 unspecified atom stereocenters. The normalized spacial score (nSPS) is 52.9. The molecule has 6 fully saturated rings. The first-order chi connectivity index (χ1) is 31.3. The predicted molar refractivity (Wildman–Crippen MR) is 201 cm³/mol. The Morgan fingerprint density at radius 3 is 1.38 bits per heavy atom. The van der Waals surface area contributed by atoms with Gasteiger partial charge in [0.1, 0.15) is 134 Å². The fourth-order valence-corrected chi connectivity index (χ4v) is 8.37. The summed E-state index contributed by atoms with van der Waals surface area (Å²) in [7, 11) is 2.42. The molecular weight excluding hydrogens is 908 g/mol. The number of aliphatic hydroxyl groups excluding tert-OH is 16. The van der Waals surface area contributed by atoms with E-state index in [0.717, 1.165) is 7.11 Å². The zero-order chi connectivity index (χ0) is 48.5. The van der Waals surface area contributed by atoms with E-state index in [1.807, 2.05) is 0 Å². The summed E-state index contributed by atoms with van der Waals surface area (Å²) in [5.41, 5.74) is 0. The molecule has 0 aromatic carbocycles. The number of aliphatic hydroxyl groups is 16. The fourth-order valence-electron chi connectivity index (χ4n) is 8.37. The van der Waals surface area contributed by atoms with E-state index < -0.39 is 205 Å². The van der Waals surface area contributed by atoms with Crippen molar-refractivity contribution in [1.29, 1.82) is 0 Å². The molecule has 0 aliphatic carbocycles. The standard InChI is InChI=1S/C37H64O29/c1-9-29(64-37-27(52)22(47)30(11(5-39)61-37)65-35-23(48)16(41)12(54-2)6-56-35)21(46)26(51)36(59-9)66-31-18(43)14(62-32(55-3)28(31)53)8-58-34-25(50)20(45)17(42)13(63-34)7-57-33-24(49)19(44)15(40)10(4-38)60-33/h9-53H,4-8H2,1-3H3/t9?,10?,11?,12-,13?,14?,15-,16?,17-,18-,19+,20+,21-,22+,23?,24?,25?,26?,27?,28?,29+,30-,31+,32-,33-,34+,35+,36+,37+/m1/s1. The molecule has 6 aliphatic rings. The van der Waals surface area contributed by atoms with Crippen LogP contribution in [0.3, 0.4) is 0 Å². The van der Waals surface area contributed by atoms with Crippen molar-refractivity contribution in [2.45, 2.75) is 185 Å². The Labute approximate surface area is 375 Å². The number of methoxy groups -OCH3 is 2. The van der Waals surface area contributed by atoms with Gasteiger partial charge in [0.15, 0.2) is 37.7 Å². The molecule has 6 heterocycles. The summed E-state index contributed by atoms with van der Waals surface area (Å²) in [5.74, 6) is 0. The summed E-state index contributed by atoms with van der Waals surface area (Å²) in [6.45, 7) is -1.79. The van der Waals surface area contributed by atoms with Gasteiger partial charge in [0.25, 0.3) is 0 Å². The number of hydrogen-bond acceptors (Lipinski definition) is 29. The minimum absolute atomic E-state index is 0.209. The molecule has 29 nitrogen and oxygen atoms in total. The lowest BCUT2D eigenvalue weighted by Crippen LogP contribution is -2.66. The van der Waals surface area contributed by atoms with Crippen molar-refractivity contribution < 1.29 is 143 Å². The van der Waals surface area contributed by atoms with Crippen LogP contribution in [-0.2, 0) is 61.6 Å². The Balaban J connectivity index is 1.04. The summed E-state index contributed by atoms with van der Waals surface area (Å²) in [6, 6.07) is 0. The van der Waals surface area contributed by atoms with Crippen molar-refractivity contribution in [3.8, 4) is 0 Å². The molecule has 386 valence electrons. The lowest BCUT2D eigenvalue weighted by Gasteiger charge is -2.48. The molecule has 0 bridgehead atoms. The van der Waals surface area contributed by atoms with Crippen LogP contribution in [0.5, 0.6) is 0 Å². The van der Waals surface area contributed by atoms with Crippen LogP contribution in [-0.4, -0.2) is 307 Å². The first kappa shape index (κ1) is 54.2. The third-order valence-electron chi connectivity index (χ3n) is 12.4. The van der Waals surface area contributed by atoms with Gasteiger partial charge in [-0.15, -0.1) is 0 Å². The molecule has 0 aromatic rings. The first-order valence-electron chi connectivity index (χ1n) is 21.2. The Hall–Kier alpha value is -1.16. The van der Waals surface area contributed by atoms with Gasteiger partial charge in [0.05, 0.1) is 39.1 Å². The van der Waals surface area contributed by atoms with Crippen LogP contribution in [0.1, 0.15) is 6.92 Å². The summed E-state index contributed by atoms with van der Waals surface area (Å²) >= 11 is 0. The molecular formula is C37H64O29. The minimum Gasteiger partial charge on any atom is -0.394 e. The maximum absolute atomic E-state index is 11.4. The smallest absolute Gasteiger partial charge is 0.187 e. The van der Waals surface area contributed by atoms with Crippen molar-refractivity contribution in [2.24, 2.45) is 0 Å². The third-order valence-corrected chi connectivity index (χ3v) is 12.4. The van der Waals surface area contributed by atoms with E-state index in [9.17, 15) is 81.7 Å². The third kappa shape index (κ3) is 11.3. The van der Waals surface area contributed by atoms with E-state index in [4.69, 9.17) is 61.6 Å². The van der Waals surface area contributed by atoms with Crippen LogP contribution < -0.4 is 0 Å². The molecule has 6 aliphatic heterocycles. The number of rotatable bonds is 16. The van der Waals surface area contributed by atoms with E-state index >= 15 is 0 Å². The van der Waals surface area contributed by atoms with E-state index in [1.54, 1.807) is 0 Å². The fraction of sp³-hybridized carbons (Fsp3) is 1.00. The largest absolute Gasteiger partial charge is 0.394 e. The highest BCUT2D eigenvalue weighted by Gasteiger charge is 2.55. The van der Waals surface area contributed by atoms with Crippen LogP contribution in [0.25, 0.3) is 0 Å². The minimum atomic E-state index is -2.01. The van der Waals surface area contributed by atoms with Gasteiger partial charge in [-0.25, -0.2) is 0 Å². The van der Waals surface area contributed by atoms with Crippen molar-refractivity contribution in [2.75, 3.05) is 47.3 Å². The molecule has 0 spiro atoms. The SMILES string of the molecule is CO[C@@H]1OC(CO[C@H]2OC(CO[C@@H]3OC(CO)[C@@H](O)[C@H](O)C3O)[C@@H](O)[C@H](O)C2O)[C@@H](O)[C@H](O[C@@H]2OC(C)[C@H](O[C@@H]3OC(CO)[C@@H](O[C@@H]4OC[C@@H](OC)C(O)C4O)[C@@H](O)C3O)[C@H](O)C2O)C1O. The molecule has 29 heteroatoms. The van der Waals surface area contributed by atoms with Gasteiger partial charge in [0, 0.05) is 14.2 Å². The van der Waals surface area contributed by atoms with Gasteiger partial charge in [-0.2, -0.15) is 0 Å². The topological polar surface area (TPSA) is 444 Å². The van der Waals surface area contributed by atoms with Gasteiger partial charge in [-0.05, 0) is 6.92 Å². The lowest BCUT2D eigenvalue weighted by atomic mass is 9.96. The number of ether oxygens (including phenoxy) is 13. The van der Waals surface area contributed by atoms with Crippen LogP contribution in [0.2, 0.25) is 0 Å². The zero-order valence-electron chi connectivity index (χ0n) is 35.7. The molecule has 29 atom stereocenters. The quantitative estimate of drug-likeness (QED) is 0.0683. The van der Waals surface area contributed by atoms with Gasteiger partial charge in [-0.3, -0.25) is 0 Å². The Morgan fingerprint density at radius 1 is 0.379 bits per heavy atom. The van der Waals surface area contributed by atoms with Gasteiger partial charge >= 0.3 is 0 Å². The highest BCUT2D eigenvalue weighted by molar-refractivity contribution is 4.98. The van der Waals surface area contributed by atoms with E-state index in [2.05, 4.69) is 0 Å². The summed E-state index contributed by atoms with van der Waals surface area (Å²) in [6.07, 6.45) is -48.2. The van der Waals surface area contributed by atoms with Gasteiger partial charge in [-0.1, -0.05) is 0 Å². The highest BCUT2D eigenvalue weighted by atomic mass is 16.8. The van der Waals surface area contributed by atoms with Crippen molar-refractivity contribution in [3.63, 3.8) is 0 Å². The zero-order valence-corrected chi connectivity index (χ0v) is 35.7. The van der Waals surface area contributed by atoms with E-state index in [1.165, 1.54) is 14.0 Å². The maximum atomic E-state index is 11.4. The Morgan fingerprint density at radius 2 is 0.818 bits per heavy atom. The van der Waals surface area contributed by atoms with Gasteiger partial charge < -0.3 is 143 Å². The van der Waals surface area contributed by atoms with Crippen LogP contribution >= 0.6 is 0 Å². The van der Waals surface area contributed by atoms with Crippen LogP contribution in [0.4, 0.5) is 0 Å².